The van der Waals surface area contributed by atoms with Crippen LogP contribution in [0.2, 0.25) is 0 Å². The van der Waals surface area contributed by atoms with E-state index in [9.17, 15) is 17.6 Å². The van der Waals surface area contributed by atoms with Gasteiger partial charge in [0.1, 0.15) is 6.54 Å². The van der Waals surface area contributed by atoms with Gasteiger partial charge < -0.3 is 10.6 Å². The molecule has 1 heterocycles. The lowest BCUT2D eigenvalue weighted by molar-refractivity contribution is -0.119. The highest BCUT2D eigenvalue weighted by atomic mass is 19.4. The van der Waals surface area contributed by atoms with Crippen molar-refractivity contribution < 1.29 is 17.6 Å². The van der Waals surface area contributed by atoms with Gasteiger partial charge in [-0.05, 0) is 0 Å². The molecule has 0 amide bonds. The Hall–Kier alpha value is -1.60. The highest BCUT2D eigenvalue weighted by molar-refractivity contribution is 5.41. The molecule has 0 aliphatic carbocycles. The minimum absolute atomic E-state index is 0.277. The topological polar surface area (TPSA) is 55.0 Å². The fourth-order valence-corrected chi connectivity index (χ4v) is 0.983. The zero-order chi connectivity index (χ0) is 11.6. The number of anilines is 2. The monoisotopic (exact) mass is 224 g/mol. The summed E-state index contributed by atoms with van der Waals surface area (Å²) in [7, 11) is 1.07. The van der Waals surface area contributed by atoms with Gasteiger partial charge in [-0.2, -0.15) is 18.2 Å². The van der Waals surface area contributed by atoms with Gasteiger partial charge in [-0.3, -0.25) is 0 Å². The Kier molecular flexibility index (Phi) is 2.96. The zero-order valence-corrected chi connectivity index (χ0v) is 7.72. The first-order valence-electron chi connectivity index (χ1n) is 3.85. The van der Waals surface area contributed by atoms with E-state index in [1.807, 2.05) is 0 Å². The van der Waals surface area contributed by atoms with Gasteiger partial charge in [0.05, 0.1) is 6.20 Å². The molecular weight excluding hydrogens is 216 g/mol. The summed E-state index contributed by atoms with van der Waals surface area (Å²) >= 11 is 0. The third-order valence-corrected chi connectivity index (χ3v) is 1.52. The van der Waals surface area contributed by atoms with Crippen LogP contribution >= 0.6 is 0 Å². The van der Waals surface area contributed by atoms with Gasteiger partial charge in [-0.1, -0.05) is 0 Å². The highest BCUT2D eigenvalue weighted by Gasteiger charge is 2.30. The smallest absolute Gasteiger partial charge is 0.368 e. The van der Waals surface area contributed by atoms with Gasteiger partial charge in [0.25, 0.3) is 0 Å². The van der Waals surface area contributed by atoms with E-state index >= 15 is 0 Å². The van der Waals surface area contributed by atoms with Crippen molar-refractivity contribution in [3.8, 4) is 0 Å². The van der Waals surface area contributed by atoms with E-state index in [1.54, 1.807) is 0 Å². The van der Waals surface area contributed by atoms with E-state index < -0.39 is 24.4 Å². The van der Waals surface area contributed by atoms with Crippen LogP contribution in [0.25, 0.3) is 0 Å². The van der Waals surface area contributed by atoms with Gasteiger partial charge in [-0.15, -0.1) is 0 Å². The molecule has 0 aliphatic rings. The Bertz CT molecular complexity index is 351. The number of hydrogen-bond acceptors (Lipinski definition) is 4. The van der Waals surface area contributed by atoms with Crippen molar-refractivity contribution in [2.45, 2.75) is 6.18 Å². The summed E-state index contributed by atoms with van der Waals surface area (Å²) in [5, 5.41) is 0. The molecule has 8 heteroatoms. The number of hydrogen-bond donors (Lipinski definition) is 1. The van der Waals surface area contributed by atoms with Crippen LogP contribution in [0.3, 0.4) is 0 Å². The summed E-state index contributed by atoms with van der Waals surface area (Å²) in [5.41, 5.74) is 5.13. The van der Waals surface area contributed by atoms with Crippen LogP contribution in [0.4, 0.5) is 29.3 Å². The van der Waals surface area contributed by atoms with Crippen molar-refractivity contribution in [3.05, 3.63) is 12.0 Å². The molecule has 0 saturated heterocycles. The Morgan fingerprint density at radius 3 is 2.60 bits per heavy atom. The molecular formula is C7H8F4N4. The maximum absolute atomic E-state index is 13.0. The number of rotatable bonds is 2. The van der Waals surface area contributed by atoms with E-state index in [-0.39, 0.29) is 5.95 Å². The van der Waals surface area contributed by atoms with Crippen LogP contribution in [-0.4, -0.2) is 29.7 Å². The standard InChI is InChI=1S/C7H8F4N4/c1-15(3-7(9,10)11)5-4(8)2-13-6(12)14-5/h2H,3H2,1H3,(H2,12,13,14). The molecule has 1 aromatic rings. The van der Waals surface area contributed by atoms with Crippen LogP contribution in [0, 0.1) is 5.82 Å². The van der Waals surface area contributed by atoms with Gasteiger partial charge in [0.2, 0.25) is 5.95 Å². The molecule has 0 aromatic carbocycles. The van der Waals surface area contributed by atoms with E-state index in [4.69, 9.17) is 5.73 Å². The average Bonchev–Trinajstić information content (AvgIpc) is 2.06. The minimum atomic E-state index is -4.43. The number of aromatic nitrogens is 2. The van der Waals surface area contributed by atoms with Crippen molar-refractivity contribution in [3.63, 3.8) is 0 Å². The maximum atomic E-state index is 13.0. The van der Waals surface area contributed by atoms with Gasteiger partial charge in [0, 0.05) is 7.05 Å². The van der Waals surface area contributed by atoms with Crippen LogP contribution in [0.15, 0.2) is 6.20 Å². The van der Waals surface area contributed by atoms with Crippen molar-refractivity contribution >= 4 is 11.8 Å². The first-order chi connectivity index (χ1) is 6.79. The fraction of sp³-hybridized carbons (Fsp3) is 0.429. The molecule has 0 bridgehead atoms. The second-order valence-corrected chi connectivity index (χ2v) is 2.87. The zero-order valence-electron chi connectivity index (χ0n) is 7.72. The van der Waals surface area contributed by atoms with Crippen LogP contribution in [0.1, 0.15) is 0 Å². The van der Waals surface area contributed by atoms with Crippen molar-refractivity contribution in [2.75, 3.05) is 24.2 Å². The second-order valence-electron chi connectivity index (χ2n) is 2.87. The maximum Gasteiger partial charge on any atom is 0.405 e. The molecule has 15 heavy (non-hydrogen) atoms. The first-order valence-corrected chi connectivity index (χ1v) is 3.85. The Labute approximate surface area is 82.7 Å². The molecule has 2 N–H and O–H groups in total. The van der Waals surface area contributed by atoms with Crippen molar-refractivity contribution in [1.29, 1.82) is 0 Å². The summed E-state index contributed by atoms with van der Waals surface area (Å²) in [5.74, 6) is -1.70. The number of alkyl halides is 3. The normalized spacial score (nSPS) is 11.5. The lowest BCUT2D eigenvalue weighted by atomic mass is 10.4. The summed E-state index contributed by atoms with van der Waals surface area (Å²) in [6.45, 7) is -1.31. The van der Waals surface area contributed by atoms with E-state index in [2.05, 4.69) is 9.97 Å². The Morgan fingerprint density at radius 2 is 2.07 bits per heavy atom. The minimum Gasteiger partial charge on any atom is -0.368 e. The van der Waals surface area contributed by atoms with E-state index in [0.29, 0.717) is 4.90 Å². The van der Waals surface area contributed by atoms with E-state index in [0.717, 1.165) is 13.2 Å². The molecule has 0 spiro atoms. The Balaban J connectivity index is 2.90. The number of nitrogens with two attached hydrogens (primary N) is 1. The SMILES string of the molecule is CN(CC(F)(F)F)c1nc(N)ncc1F. The summed E-state index contributed by atoms with van der Waals surface area (Å²) in [6.07, 6.45) is -3.70. The fourth-order valence-electron chi connectivity index (χ4n) is 0.983. The third-order valence-electron chi connectivity index (χ3n) is 1.52. The molecule has 0 fully saturated rings. The number of nitrogens with zero attached hydrogens (tertiary/aromatic N) is 3. The molecule has 1 aromatic heterocycles. The average molecular weight is 224 g/mol. The second kappa shape index (κ2) is 3.87. The molecule has 0 aliphatic heterocycles. The molecule has 0 atom stereocenters. The largest absolute Gasteiger partial charge is 0.405 e. The molecule has 0 saturated carbocycles. The summed E-state index contributed by atoms with van der Waals surface area (Å²) < 4.78 is 49.0. The lowest BCUT2D eigenvalue weighted by Crippen LogP contribution is -2.32. The van der Waals surface area contributed by atoms with Crippen LogP contribution < -0.4 is 10.6 Å². The molecule has 1 rings (SSSR count). The highest BCUT2D eigenvalue weighted by Crippen LogP contribution is 2.21. The number of nitrogen functional groups attached to an aromatic ring is 1. The lowest BCUT2D eigenvalue weighted by Gasteiger charge is -2.19. The first kappa shape index (κ1) is 11.5. The van der Waals surface area contributed by atoms with Crippen molar-refractivity contribution in [1.82, 2.24) is 9.97 Å². The van der Waals surface area contributed by atoms with Crippen molar-refractivity contribution in [2.24, 2.45) is 0 Å². The quantitative estimate of drug-likeness (QED) is 0.767. The Morgan fingerprint density at radius 1 is 1.47 bits per heavy atom. The summed E-state index contributed by atoms with van der Waals surface area (Å²) in [4.78, 5) is 7.29. The van der Waals surface area contributed by atoms with Crippen LogP contribution in [0.5, 0.6) is 0 Å². The number of halogens is 4. The molecule has 4 nitrogen and oxygen atoms in total. The van der Waals surface area contributed by atoms with Gasteiger partial charge in [0.15, 0.2) is 11.6 Å². The molecule has 0 unspecified atom stereocenters. The van der Waals surface area contributed by atoms with Gasteiger partial charge in [-0.25, -0.2) is 9.37 Å². The summed E-state index contributed by atoms with van der Waals surface area (Å²) in [6, 6.07) is 0. The molecule has 0 radical (unpaired) electrons. The predicted octanol–water partition coefficient (Wildman–Crippen LogP) is 1.20. The third kappa shape index (κ3) is 3.22. The van der Waals surface area contributed by atoms with E-state index in [1.165, 1.54) is 0 Å². The van der Waals surface area contributed by atoms with Gasteiger partial charge >= 0.3 is 6.18 Å². The predicted molar refractivity (Wildman–Crippen MR) is 45.7 cm³/mol. The van der Waals surface area contributed by atoms with Crippen LogP contribution in [-0.2, 0) is 0 Å². The molecule has 84 valence electrons.